The summed E-state index contributed by atoms with van der Waals surface area (Å²) in [6, 6.07) is 0. The number of aliphatic imine (C=N–C) groups is 2. The molecular formula is C9H4ClF3N2O. The van der Waals surface area contributed by atoms with Crippen molar-refractivity contribution in [2.45, 2.75) is 6.18 Å². The van der Waals surface area contributed by atoms with E-state index in [9.17, 15) is 18.0 Å². The van der Waals surface area contributed by atoms with Crippen LogP contribution in [-0.2, 0) is 4.79 Å². The average molecular weight is 249 g/mol. The zero-order valence-electron chi connectivity index (χ0n) is 7.62. The second kappa shape index (κ2) is 3.55. The number of carbonyl (C=O) groups is 1. The molecule has 0 bridgehead atoms. The molecule has 0 spiro atoms. The quantitative estimate of drug-likeness (QED) is 0.648. The van der Waals surface area contributed by atoms with E-state index in [1.807, 2.05) is 0 Å². The molecule has 1 heterocycles. The van der Waals surface area contributed by atoms with Gasteiger partial charge >= 0.3 is 6.18 Å². The Morgan fingerprint density at radius 3 is 2.62 bits per heavy atom. The standard InChI is InChI=1S/C9H4ClF3N2O/c10-4-2-1-3-5-6(4)7(16)15-8(14-5)9(11,12)13/h1-3,6H. The van der Waals surface area contributed by atoms with Crippen LogP contribution in [-0.4, -0.2) is 23.6 Å². The van der Waals surface area contributed by atoms with Crippen molar-refractivity contribution in [2.24, 2.45) is 15.9 Å². The number of fused-ring (bicyclic) bond motifs is 1. The molecule has 0 aromatic heterocycles. The molecule has 7 heteroatoms. The summed E-state index contributed by atoms with van der Waals surface area (Å²) in [6.07, 6.45) is -0.550. The van der Waals surface area contributed by atoms with Crippen LogP contribution in [0.3, 0.4) is 0 Å². The Morgan fingerprint density at radius 2 is 2.00 bits per heavy atom. The number of nitrogens with zero attached hydrogens (tertiary/aromatic N) is 2. The van der Waals surface area contributed by atoms with E-state index in [1.54, 1.807) is 0 Å². The molecule has 1 amide bonds. The summed E-state index contributed by atoms with van der Waals surface area (Å²) in [7, 11) is 0. The summed E-state index contributed by atoms with van der Waals surface area (Å²) in [5, 5.41) is 0.122. The van der Waals surface area contributed by atoms with E-state index in [0.717, 1.165) is 0 Å². The van der Waals surface area contributed by atoms with E-state index in [1.165, 1.54) is 18.2 Å². The average Bonchev–Trinajstić information content (AvgIpc) is 2.15. The molecule has 0 radical (unpaired) electrons. The number of allylic oxidation sites excluding steroid dienone is 3. The molecule has 2 aliphatic rings. The predicted molar refractivity (Wildman–Crippen MR) is 52.5 cm³/mol. The van der Waals surface area contributed by atoms with Crippen LogP contribution in [0.25, 0.3) is 0 Å². The number of alkyl halides is 3. The third kappa shape index (κ3) is 1.80. The minimum absolute atomic E-state index is 0.0279. The third-order valence-electron chi connectivity index (χ3n) is 2.05. The number of carbonyl (C=O) groups excluding carboxylic acids is 1. The number of hydrogen-bond donors (Lipinski definition) is 0. The maximum atomic E-state index is 12.3. The molecule has 0 N–H and O–H groups in total. The lowest BCUT2D eigenvalue weighted by Gasteiger charge is -2.20. The zero-order valence-corrected chi connectivity index (χ0v) is 8.38. The molecule has 0 fully saturated rings. The highest BCUT2D eigenvalue weighted by Crippen LogP contribution is 2.29. The number of amides is 1. The molecule has 2 rings (SSSR count). The third-order valence-corrected chi connectivity index (χ3v) is 2.39. The maximum Gasteiger partial charge on any atom is 0.451 e. The fraction of sp³-hybridized carbons (Fsp3) is 0.222. The highest BCUT2D eigenvalue weighted by atomic mass is 35.5. The molecule has 1 unspecified atom stereocenters. The Labute approximate surface area is 93.0 Å². The molecule has 0 aromatic rings. The van der Waals surface area contributed by atoms with Gasteiger partial charge in [-0.3, -0.25) is 4.79 Å². The van der Waals surface area contributed by atoms with Gasteiger partial charge in [0.15, 0.2) is 0 Å². The first kappa shape index (κ1) is 11.1. The van der Waals surface area contributed by atoms with Gasteiger partial charge in [-0.1, -0.05) is 17.7 Å². The van der Waals surface area contributed by atoms with Gasteiger partial charge in [-0.2, -0.15) is 18.2 Å². The van der Waals surface area contributed by atoms with Crippen LogP contribution in [0.4, 0.5) is 13.2 Å². The van der Waals surface area contributed by atoms with Crippen LogP contribution in [0.15, 0.2) is 33.2 Å². The maximum absolute atomic E-state index is 12.3. The molecule has 0 saturated carbocycles. The fourth-order valence-electron chi connectivity index (χ4n) is 1.36. The van der Waals surface area contributed by atoms with Crippen LogP contribution in [0.2, 0.25) is 0 Å². The first-order valence-electron chi connectivity index (χ1n) is 4.21. The Morgan fingerprint density at radius 1 is 1.31 bits per heavy atom. The van der Waals surface area contributed by atoms with Gasteiger partial charge in [-0.15, -0.1) is 0 Å². The molecule has 0 aromatic carbocycles. The summed E-state index contributed by atoms with van der Waals surface area (Å²) < 4.78 is 36.9. The highest BCUT2D eigenvalue weighted by molar-refractivity contribution is 6.37. The van der Waals surface area contributed by atoms with Gasteiger partial charge in [0.25, 0.3) is 5.91 Å². The van der Waals surface area contributed by atoms with Crippen LogP contribution in [0.1, 0.15) is 0 Å². The first-order valence-corrected chi connectivity index (χ1v) is 4.59. The van der Waals surface area contributed by atoms with Crippen LogP contribution in [0.5, 0.6) is 0 Å². The van der Waals surface area contributed by atoms with Gasteiger partial charge in [-0.25, -0.2) is 4.99 Å². The number of amidine groups is 1. The Kier molecular flexibility index (Phi) is 2.46. The van der Waals surface area contributed by atoms with Crippen molar-refractivity contribution in [1.29, 1.82) is 0 Å². The SMILES string of the molecule is O=C1N=C(C(F)(F)F)N=C2C=CC=C(Cl)C12. The Bertz CT molecular complexity index is 474. The topological polar surface area (TPSA) is 41.8 Å². The molecule has 1 aliphatic heterocycles. The predicted octanol–water partition coefficient (Wildman–Crippen LogP) is 2.24. The second-order valence-electron chi connectivity index (χ2n) is 3.15. The van der Waals surface area contributed by atoms with Crippen LogP contribution < -0.4 is 0 Å². The Hall–Kier alpha value is -1.43. The van der Waals surface area contributed by atoms with Crippen molar-refractivity contribution in [3.8, 4) is 0 Å². The normalized spacial score (nSPS) is 24.6. The van der Waals surface area contributed by atoms with E-state index >= 15 is 0 Å². The summed E-state index contributed by atoms with van der Waals surface area (Å²) in [5.74, 6) is -3.36. The minimum atomic E-state index is -4.73. The van der Waals surface area contributed by atoms with E-state index in [2.05, 4.69) is 9.98 Å². The second-order valence-corrected chi connectivity index (χ2v) is 3.59. The highest BCUT2D eigenvalue weighted by Gasteiger charge is 2.42. The van der Waals surface area contributed by atoms with Crippen molar-refractivity contribution in [2.75, 3.05) is 0 Å². The zero-order chi connectivity index (χ0) is 11.9. The van der Waals surface area contributed by atoms with E-state index in [0.29, 0.717) is 0 Å². The monoisotopic (exact) mass is 248 g/mol. The largest absolute Gasteiger partial charge is 0.451 e. The summed E-state index contributed by atoms with van der Waals surface area (Å²) >= 11 is 5.70. The van der Waals surface area contributed by atoms with E-state index < -0.39 is 23.8 Å². The van der Waals surface area contributed by atoms with Gasteiger partial charge < -0.3 is 0 Å². The van der Waals surface area contributed by atoms with Crippen LogP contribution in [0, 0.1) is 5.92 Å². The van der Waals surface area contributed by atoms with Gasteiger partial charge in [-0.05, 0) is 12.2 Å². The van der Waals surface area contributed by atoms with Gasteiger partial charge in [0, 0.05) is 5.03 Å². The van der Waals surface area contributed by atoms with Gasteiger partial charge in [0.1, 0.15) is 5.92 Å². The molecule has 3 nitrogen and oxygen atoms in total. The first-order chi connectivity index (χ1) is 7.39. The number of halogens is 4. The summed E-state index contributed by atoms with van der Waals surface area (Å²) in [4.78, 5) is 17.5. The van der Waals surface area contributed by atoms with Gasteiger partial charge in [0.2, 0.25) is 5.84 Å². The molecule has 0 saturated heterocycles. The number of hydrogen-bond acceptors (Lipinski definition) is 2. The van der Waals surface area contributed by atoms with Gasteiger partial charge in [0.05, 0.1) is 5.71 Å². The lowest BCUT2D eigenvalue weighted by molar-refractivity contribution is -0.119. The summed E-state index contributed by atoms with van der Waals surface area (Å²) in [6.45, 7) is 0. The van der Waals surface area contributed by atoms with Crippen molar-refractivity contribution in [3.05, 3.63) is 23.3 Å². The molecule has 1 aliphatic carbocycles. The van der Waals surface area contributed by atoms with E-state index in [-0.39, 0.29) is 10.7 Å². The summed E-state index contributed by atoms with van der Waals surface area (Å²) in [5.41, 5.74) is -0.0279. The lowest BCUT2D eigenvalue weighted by Crippen LogP contribution is -2.34. The molecule has 84 valence electrons. The number of rotatable bonds is 0. The van der Waals surface area contributed by atoms with Crippen LogP contribution >= 0.6 is 11.6 Å². The van der Waals surface area contributed by atoms with Crippen molar-refractivity contribution in [3.63, 3.8) is 0 Å². The van der Waals surface area contributed by atoms with Crippen molar-refractivity contribution in [1.82, 2.24) is 0 Å². The minimum Gasteiger partial charge on any atom is -0.271 e. The fourth-order valence-corrected chi connectivity index (χ4v) is 1.64. The molecular weight excluding hydrogens is 245 g/mol. The van der Waals surface area contributed by atoms with E-state index in [4.69, 9.17) is 11.6 Å². The lowest BCUT2D eigenvalue weighted by atomic mass is 9.96. The smallest absolute Gasteiger partial charge is 0.271 e. The molecule has 16 heavy (non-hydrogen) atoms. The Balaban J connectivity index is 2.45. The molecule has 1 atom stereocenters. The van der Waals surface area contributed by atoms with Crippen molar-refractivity contribution < 1.29 is 18.0 Å². The van der Waals surface area contributed by atoms with Crippen molar-refractivity contribution >= 4 is 29.1 Å².